The van der Waals surface area contributed by atoms with E-state index in [4.69, 9.17) is 0 Å². The summed E-state index contributed by atoms with van der Waals surface area (Å²) < 4.78 is 0. The maximum Gasteiger partial charge on any atom is 0.0223 e. The number of aliphatic imine (C=N–C) groups is 1. The van der Waals surface area contributed by atoms with Crippen molar-refractivity contribution in [2.24, 2.45) is 4.99 Å². The van der Waals surface area contributed by atoms with Crippen LogP contribution in [0, 0.1) is 0 Å². The van der Waals surface area contributed by atoms with Crippen LogP contribution >= 0.6 is 0 Å². The second-order valence-corrected chi connectivity index (χ2v) is 8.56. The first-order valence-electron chi connectivity index (χ1n) is 12.2. The van der Waals surface area contributed by atoms with Crippen LogP contribution in [0.2, 0.25) is 0 Å². The van der Waals surface area contributed by atoms with Gasteiger partial charge in [0.1, 0.15) is 0 Å². The van der Waals surface area contributed by atoms with Gasteiger partial charge in [0, 0.05) is 24.8 Å². The Hall–Kier alpha value is -3.19. The van der Waals surface area contributed by atoms with Crippen molar-refractivity contribution in [3.8, 4) is 0 Å². The van der Waals surface area contributed by atoms with E-state index in [0.717, 1.165) is 38.5 Å². The maximum atomic E-state index is 4.30. The van der Waals surface area contributed by atoms with Crippen molar-refractivity contribution in [2.75, 3.05) is 0 Å². The first-order chi connectivity index (χ1) is 16.2. The Morgan fingerprint density at radius 1 is 1.09 bits per heavy atom. The van der Waals surface area contributed by atoms with Gasteiger partial charge in [0.15, 0.2) is 0 Å². The van der Waals surface area contributed by atoms with Gasteiger partial charge in [-0.05, 0) is 72.4 Å². The Morgan fingerprint density at radius 3 is 2.73 bits per heavy atom. The first kappa shape index (κ1) is 24.5. The molecule has 0 bridgehead atoms. The van der Waals surface area contributed by atoms with Crippen molar-refractivity contribution in [1.82, 2.24) is 0 Å². The lowest BCUT2D eigenvalue weighted by Crippen LogP contribution is -2.02. The van der Waals surface area contributed by atoms with Crippen molar-refractivity contribution in [1.29, 1.82) is 0 Å². The van der Waals surface area contributed by atoms with Crippen LogP contribution in [0.5, 0.6) is 0 Å². The SMILES string of the molecule is C=CC(C/C=C/C/C=C(\C)c1ccc(CC=N/C=C\CC)cc1)c1cccc2c1C=CCC2. The fourth-order valence-corrected chi connectivity index (χ4v) is 4.16. The minimum atomic E-state index is 0.359. The normalized spacial score (nSPS) is 14.9. The van der Waals surface area contributed by atoms with Gasteiger partial charge in [-0.1, -0.05) is 91.9 Å². The van der Waals surface area contributed by atoms with Crippen LogP contribution in [0.4, 0.5) is 0 Å². The lowest BCUT2D eigenvalue weighted by atomic mass is 9.85. The predicted octanol–water partition coefficient (Wildman–Crippen LogP) is 8.89. The first-order valence-corrected chi connectivity index (χ1v) is 12.2. The molecule has 0 saturated heterocycles. The van der Waals surface area contributed by atoms with Crippen LogP contribution in [0.25, 0.3) is 11.6 Å². The number of benzene rings is 2. The molecule has 0 spiro atoms. The van der Waals surface area contributed by atoms with Gasteiger partial charge in [-0.25, -0.2) is 0 Å². The molecular weight excluding hydrogens is 398 g/mol. The minimum absolute atomic E-state index is 0.359. The summed E-state index contributed by atoms with van der Waals surface area (Å²) >= 11 is 0. The standard InChI is InChI=1S/C32H37N/c1-4-6-24-33-25-23-27-19-21-29(22-20-27)26(3)13-8-7-9-14-28(5-2)31-18-12-16-30-15-10-11-17-32(30)31/h5-7,9,11-13,16-22,24-25,28H,2,4,8,10,14-15,23H2,1,3H3/b9-7+,24-6-,26-13+,33-25?. The van der Waals surface area contributed by atoms with Crippen molar-refractivity contribution in [3.05, 3.63) is 120 Å². The van der Waals surface area contributed by atoms with Gasteiger partial charge in [0.05, 0.1) is 0 Å². The van der Waals surface area contributed by atoms with Gasteiger partial charge in [-0.2, -0.15) is 0 Å². The zero-order valence-corrected chi connectivity index (χ0v) is 20.2. The molecule has 0 saturated carbocycles. The summed E-state index contributed by atoms with van der Waals surface area (Å²) in [6, 6.07) is 15.5. The van der Waals surface area contributed by atoms with Crippen molar-refractivity contribution in [3.63, 3.8) is 0 Å². The summed E-state index contributed by atoms with van der Waals surface area (Å²) in [5, 5.41) is 0. The van der Waals surface area contributed by atoms with Gasteiger partial charge >= 0.3 is 0 Å². The molecule has 170 valence electrons. The van der Waals surface area contributed by atoms with Crippen LogP contribution in [0.3, 0.4) is 0 Å². The molecule has 1 aliphatic carbocycles. The third-order valence-corrected chi connectivity index (χ3v) is 6.16. The Morgan fingerprint density at radius 2 is 1.94 bits per heavy atom. The van der Waals surface area contributed by atoms with Crippen LogP contribution in [0.15, 0.2) is 96.7 Å². The van der Waals surface area contributed by atoms with E-state index in [1.54, 1.807) is 0 Å². The second kappa shape index (κ2) is 13.4. The molecule has 0 amide bonds. The van der Waals surface area contributed by atoms with E-state index in [0.29, 0.717) is 5.92 Å². The van der Waals surface area contributed by atoms with Crippen LogP contribution in [-0.2, 0) is 12.8 Å². The number of allylic oxidation sites excluding steroid dienone is 7. The van der Waals surface area contributed by atoms with Crippen molar-refractivity contribution in [2.45, 2.75) is 58.3 Å². The number of hydrogen-bond donors (Lipinski definition) is 0. The van der Waals surface area contributed by atoms with E-state index in [2.05, 4.69) is 110 Å². The number of rotatable bonds is 11. The second-order valence-electron chi connectivity index (χ2n) is 8.56. The van der Waals surface area contributed by atoms with Crippen LogP contribution in [-0.4, -0.2) is 6.21 Å². The van der Waals surface area contributed by atoms with E-state index < -0.39 is 0 Å². The summed E-state index contributed by atoms with van der Waals surface area (Å²) in [6.07, 6.45) is 25.6. The van der Waals surface area contributed by atoms with E-state index in [1.807, 2.05) is 12.4 Å². The zero-order valence-electron chi connectivity index (χ0n) is 20.2. The topological polar surface area (TPSA) is 12.4 Å². The average Bonchev–Trinajstić information content (AvgIpc) is 2.86. The monoisotopic (exact) mass is 435 g/mol. The number of hydrogen-bond acceptors (Lipinski definition) is 1. The highest BCUT2D eigenvalue weighted by molar-refractivity contribution is 5.66. The van der Waals surface area contributed by atoms with E-state index >= 15 is 0 Å². The molecule has 0 aliphatic heterocycles. The average molecular weight is 436 g/mol. The molecule has 0 radical (unpaired) electrons. The molecule has 33 heavy (non-hydrogen) atoms. The molecule has 2 aromatic carbocycles. The van der Waals surface area contributed by atoms with E-state index in [1.165, 1.54) is 33.4 Å². The molecule has 1 nitrogen and oxygen atoms in total. The van der Waals surface area contributed by atoms with Crippen molar-refractivity contribution < 1.29 is 0 Å². The molecule has 3 rings (SSSR count). The molecule has 1 aliphatic rings. The molecule has 1 heteroatoms. The zero-order chi connectivity index (χ0) is 23.3. The lowest BCUT2D eigenvalue weighted by molar-refractivity contribution is 0.851. The Bertz CT molecular complexity index is 1040. The van der Waals surface area contributed by atoms with Gasteiger partial charge in [0.2, 0.25) is 0 Å². The molecule has 2 aromatic rings. The molecule has 1 atom stereocenters. The van der Waals surface area contributed by atoms with E-state index in [9.17, 15) is 0 Å². The maximum absolute atomic E-state index is 4.30. The highest BCUT2D eigenvalue weighted by atomic mass is 14.7. The van der Waals surface area contributed by atoms with Gasteiger partial charge < -0.3 is 0 Å². The smallest absolute Gasteiger partial charge is 0.0223 e. The fraction of sp³-hybridized carbons (Fsp3) is 0.281. The predicted molar refractivity (Wildman–Crippen MR) is 147 cm³/mol. The molecule has 0 N–H and O–H groups in total. The number of fused-ring (bicyclic) bond motifs is 1. The van der Waals surface area contributed by atoms with Crippen molar-refractivity contribution >= 4 is 17.9 Å². The lowest BCUT2D eigenvalue weighted by Gasteiger charge is -2.19. The quantitative estimate of drug-likeness (QED) is 0.247. The molecule has 0 aromatic heterocycles. The molecular formula is C32H37N. The Balaban J connectivity index is 1.52. The molecule has 0 fully saturated rings. The highest BCUT2D eigenvalue weighted by Crippen LogP contribution is 2.31. The van der Waals surface area contributed by atoms with Crippen LogP contribution < -0.4 is 0 Å². The van der Waals surface area contributed by atoms with Gasteiger partial charge in [-0.3, -0.25) is 4.99 Å². The molecule has 0 heterocycles. The summed E-state index contributed by atoms with van der Waals surface area (Å²) in [4.78, 5) is 4.30. The third-order valence-electron chi connectivity index (χ3n) is 6.16. The molecule has 1 unspecified atom stereocenters. The minimum Gasteiger partial charge on any atom is -0.269 e. The summed E-state index contributed by atoms with van der Waals surface area (Å²) in [6.45, 7) is 8.41. The summed E-state index contributed by atoms with van der Waals surface area (Å²) in [7, 11) is 0. The highest BCUT2D eigenvalue weighted by Gasteiger charge is 2.14. The van der Waals surface area contributed by atoms with Crippen LogP contribution in [0.1, 0.15) is 73.3 Å². The fourth-order valence-electron chi connectivity index (χ4n) is 4.16. The number of nitrogens with zero attached hydrogens (tertiary/aromatic N) is 1. The van der Waals surface area contributed by atoms with Gasteiger partial charge in [0.25, 0.3) is 0 Å². The third kappa shape index (κ3) is 7.43. The van der Waals surface area contributed by atoms with E-state index in [-0.39, 0.29) is 0 Å². The summed E-state index contributed by atoms with van der Waals surface area (Å²) in [5.41, 5.74) is 8.16. The Labute approximate surface area is 200 Å². The Kier molecular flexibility index (Phi) is 9.91. The number of aryl methyl sites for hydroxylation is 1. The largest absolute Gasteiger partial charge is 0.269 e. The van der Waals surface area contributed by atoms with Gasteiger partial charge in [-0.15, -0.1) is 6.58 Å². The summed E-state index contributed by atoms with van der Waals surface area (Å²) in [5.74, 6) is 0.359.